The Morgan fingerprint density at radius 1 is 1.35 bits per heavy atom. The molecule has 0 bridgehead atoms. The average Bonchev–Trinajstić information content (AvgIpc) is 2.41. The smallest absolute Gasteiger partial charge is 0.132 e. The lowest BCUT2D eigenvalue weighted by atomic mass is 10.2. The summed E-state index contributed by atoms with van der Waals surface area (Å²) in [7, 11) is 4.09. The molecule has 0 aromatic carbocycles. The molecule has 112 valence electrons. The van der Waals surface area contributed by atoms with Crippen molar-refractivity contribution in [2.75, 3.05) is 58.3 Å². The number of aliphatic hydroxyl groups is 1. The lowest BCUT2D eigenvalue weighted by Crippen LogP contribution is -2.48. The first-order valence-electron chi connectivity index (χ1n) is 7.14. The van der Waals surface area contributed by atoms with E-state index in [2.05, 4.69) is 26.8 Å². The molecule has 2 rings (SSSR count). The van der Waals surface area contributed by atoms with Gasteiger partial charge in [-0.05, 0) is 20.0 Å². The molecule has 1 aliphatic rings. The number of nitrogens with zero attached hydrogens (tertiary/aromatic N) is 5. The maximum Gasteiger partial charge on any atom is 0.132 e. The summed E-state index contributed by atoms with van der Waals surface area (Å²) in [4.78, 5) is 15.1. The van der Waals surface area contributed by atoms with E-state index in [1.807, 2.05) is 24.9 Å². The summed E-state index contributed by atoms with van der Waals surface area (Å²) in [6.07, 6.45) is 1.39. The number of aliphatic hydroxyl groups excluding tert-OH is 1. The standard InChI is InChI=1S/C14H25N5O/c1-12-15-5-4-14(16-12)18(3)10-13(20)11-19-8-6-17(2)7-9-19/h4-5,13,20H,6-11H2,1-3H3. The van der Waals surface area contributed by atoms with Gasteiger partial charge in [-0.15, -0.1) is 0 Å². The summed E-state index contributed by atoms with van der Waals surface area (Å²) in [6.45, 7) is 7.40. The third-order valence-electron chi connectivity index (χ3n) is 3.70. The SMILES string of the molecule is Cc1nccc(N(C)CC(O)CN2CCN(C)CC2)n1. The van der Waals surface area contributed by atoms with Crippen LogP contribution in [0.4, 0.5) is 5.82 Å². The van der Waals surface area contributed by atoms with E-state index in [4.69, 9.17) is 0 Å². The maximum atomic E-state index is 10.2. The molecule has 0 radical (unpaired) electrons. The van der Waals surface area contributed by atoms with Crippen molar-refractivity contribution >= 4 is 5.82 Å². The van der Waals surface area contributed by atoms with Crippen LogP contribution in [0.3, 0.4) is 0 Å². The minimum absolute atomic E-state index is 0.362. The summed E-state index contributed by atoms with van der Waals surface area (Å²) in [5.74, 6) is 1.61. The molecule has 1 N–H and O–H groups in total. The van der Waals surface area contributed by atoms with Crippen LogP contribution in [-0.4, -0.2) is 84.3 Å². The Kier molecular flexibility index (Phi) is 5.28. The highest BCUT2D eigenvalue weighted by molar-refractivity contribution is 5.36. The lowest BCUT2D eigenvalue weighted by molar-refractivity contribution is 0.0842. The molecular weight excluding hydrogens is 254 g/mol. The number of hydrogen-bond donors (Lipinski definition) is 1. The van der Waals surface area contributed by atoms with Crippen molar-refractivity contribution in [3.8, 4) is 0 Å². The molecule has 1 unspecified atom stereocenters. The van der Waals surface area contributed by atoms with Crippen LogP contribution in [0, 0.1) is 6.92 Å². The zero-order chi connectivity index (χ0) is 14.5. The number of anilines is 1. The number of hydrogen-bond acceptors (Lipinski definition) is 6. The Labute approximate surface area is 121 Å². The van der Waals surface area contributed by atoms with Gasteiger partial charge in [0.15, 0.2) is 0 Å². The van der Waals surface area contributed by atoms with Crippen molar-refractivity contribution in [1.29, 1.82) is 0 Å². The van der Waals surface area contributed by atoms with Gasteiger partial charge in [0.2, 0.25) is 0 Å². The Morgan fingerprint density at radius 2 is 2.05 bits per heavy atom. The average molecular weight is 279 g/mol. The predicted octanol–water partition coefficient (Wildman–Crippen LogP) is -0.170. The van der Waals surface area contributed by atoms with Crippen LogP contribution in [-0.2, 0) is 0 Å². The van der Waals surface area contributed by atoms with Crippen LogP contribution in [0.25, 0.3) is 0 Å². The summed E-state index contributed by atoms with van der Waals surface area (Å²) < 4.78 is 0. The second kappa shape index (κ2) is 6.97. The molecule has 6 heteroatoms. The highest BCUT2D eigenvalue weighted by Gasteiger charge is 2.18. The quantitative estimate of drug-likeness (QED) is 0.807. The van der Waals surface area contributed by atoms with Crippen LogP contribution < -0.4 is 4.90 Å². The maximum absolute atomic E-state index is 10.2. The molecule has 0 amide bonds. The number of β-amino-alcohol motifs (C(OH)–C–C–N with tert-alkyl or cyclic N) is 1. The zero-order valence-electron chi connectivity index (χ0n) is 12.7. The monoisotopic (exact) mass is 279 g/mol. The van der Waals surface area contributed by atoms with E-state index >= 15 is 0 Å². The fourth-order valence-corrected chi connectivity index (χ4v) is 2.45. The highest BCUT2D eigenvalue weighted by atomic mass is 16.3. The van der Waals surface area contributed by atoms with Gasteiger partial charge in [0.25, 0.3) is 0 Å². The van der Waals surface area contributed by atoms with E-state index in [9.17, 15) is 5.11 Å². The number of aryl methyl sites for hydroxylation is 1. The van der Waals surface area contributed by atoms with Crippen molar-refractivity contribution in [1.82, 2.24) is 19.8 Å². The summed E-state index contributed by atoms with van der Waals surface area (Å²) in [5.41, 5.74) is 0. The molecule has 1 aromatic rings. The minimum atomic E-state index is -0.362. The van der Waals surface area contributed by atoms with Gasteiger partial charge in [-0.1, -0.05) is 0 Å². The van der Waals surface area contributed by atoms with Crippen molar-refractivity contribution < 1.29 is 5.11 Å². The number of aromatic nitrogens is 2. The van der Waals surface area contributed by atoms with E-state index < -0.39 is 0 Å². The fraction of sp³-hybridized carbons (Fsp3) is 0.714. The van der Waals surface area contributed by atoms with Crippen LogP contribution in [0.1, 0.15) is 5.82 Å². The molecule has 6 nitrogen and oxygen atoms in total. The van der Waals surface area contributed by atoms with Crippen LogP contribution in [0.5, 0.6) is 0 Å². The van der Waals surface area contributed by atoms with Gasteiger partial charge in [-0.3, -0.25) is 4.90 Å². The van der Waals surface area contributed by atoms with Gasteiger partial charge >= 0.3 is 0 Å². The van der Waals surface area contributed by atoms with Crippen molar-refractivity contribution in [3.63, 3.8) is 0 Å². The number of piperazine rings is 1. The summed E-state index contributed by atoms with van der Waals surface area (Å²) >= 11 is 0. The first-order valence-corrected chi connectivity index (χ1v) is 7.14. The van der Waals surface area contributed by atoms with E-state index in [0.717, 1.165) is 44.4 Å². The van der Waals surface area contributed by atoms with Gasteiger partial charge in [-0.25, -0.2) is 9.97 Å². The van der Waals surface area contributed by atoms with Gasteiger partial charge in [-0.2, -0.15) is 0 Å². The topological polar surface area (TPSA) is 55.7 Å². The normalized spacial score (nSPS) is 19.0. The van der Waals surface area contributed by atoms with E-state index in [-0.39, 0.29) is 6.10 Å². The lowest BCUT2D eigenvalue weighted by Gasteiger charge is -2.34. The largest absolute Gasteiger partial charge is 0.390 e. The Hall–Kier alpha value is -1.24. The van der Waals surface area contributed by atoms with E-state index in [1.165, 1.54) is 0 Å². The molecule has 0 spiro atoms. The molecule has 0 aliphatic carbocycles. The first kappa shape index (κ1) is 15.2. The second-order valence-corrected chi connectivity index (χ2v) is 5.60. The fourth-order valence-electron chi connectivity index (χ4n) is 2.45. The van der Waals surface area contributed by atoms with Crippen LogP contribution in [0.2, 0.25) is 0 Å². The molecule has 1 aliphatic heterocycles. The Balaban J connectivity index is 1.80. The van der Waals surface area contributed by atoms with Gasteiger partial charge < -0.3 is 14.9 Å². The molecule has 2 heterocycles. The second-order valence-electron chi connectivity index (χ2n) is 5.60. The van der Waals surface area contributed by atoms with E-state index in [1.54, 1.807) is 6.20 Å². The van der Waals surface area contributed by atoms with Gasteiger partial charge in [0.1, 0.15) is 11.6 Å². The molecule has 20 heavy (non-hydrogen) atoms. The minimum Gasteiger partial charge on any atom is -0.390 e. The Bertz CT molecular complexity index is 420. The molecule has 1 aromatic heterocycles. The highest BCUT2D eigenvalue weighted by Crippen LogP contribution is 2.09. The van der Waals surface area contributed by atoms with Crippen molar-refractivity contribution in [2.45, 2.75) is 13.0 Å². The third-order valence-corrected chi connectivity index (χ3v) is 3.70. The molecule has 1 fully saturated rings. The van der Waals surface area contributed by atoms with E-state index in [0.29, 0.717) is 6.54 Å². The summed E-state index contributed by atoms with van der Waals surface area (Å²) in [6, 6.07) is 1.87. The Morgan fingerprint density at radius 3 is 2.70 bits per heavy atom. The molecular formula is C14H25N5O. The predicted molar refractivity (Wildman–Crippen MR) is 80.0 cm³/mol. The van der Waals surface area contributed by atoms with Gasteiger partial charge in [0, 0.05) is 52.5 Å². The van der Waals surface area contributed by atoms with Crippen LogP contribution in [0.15, 0.2) is 12.3 Å². The van der Waals surface area contributed by atoms with Crippen molar-refractivity contribution in [2.24, 2.45) is 0 Å². The molecule has 0 saturated carbocycles. The first-order chi connectivity index (χ1) is 9.54. The van der Waals surface area contributed by atoms with Crippen LogP contribution >= 0.6 is 0 Å². The van der Waals surface area contributed by atoms with Gasteiger partial charge in [0.05, 0.1) is 6.10 Å². The third kappa shape index (κ3) is 4.40. The number of likely N-dealkylation sites (N-methyl/N-ethyl adjacent to an activating group) is 2. The zero-order valence-corrected chi connectivity index (χ0v) is 12.7. The molecule has 1 atom stereocenters. The number of rotatable bonds is 5. The van der Waals surface area contributed by atoms with Crippen molar-refractivity contribution in [3.05, 3.63) is 18.1 Å². The molecule has 1 saturated heterocycles. The summed E-state index contributed by atoms with van der Waals surface area (Å²) in [5, 5.41) is 10.2.